The molecule has 0 spiro atoms. The molecule has 1 N–H and O–H groups in total. The maximum Gasteiger partial charge on any atom is 0.240 e. The van der Waals surface area contributed by atoms with Gasteiger partial charge in [0.15, 0.2) is 0 Å². The Kier molecular flexibility index (Phi) is 7.75. The van der Waals surface area contributed by atoms with Gasteiger partial charge in [-0.05, 0) is 74.6 Å². The van der Waals surface area contributed by atoms with Gasteiger partial charge in [-0.3, -0.25) is 0 Å². The van der Waals surface area contributed by atoms with Crippen molar-refractivity contribution < 1.29 is 17.9 Å². The molecule has 6 nitrogen and oxygen atoms in total. The molecule has 1 aliphatic heterocycles. The van der Waals surface area contributed by atoms with E-state index in [-0.39, 0.29) is 4.90 Å². The van der Waals surface area contributed by atoms with Crippen molar-refractivity contribution in [1.29, 1.82) is 0 Å². The molecule has 0 unspecified atom stereocenters. The van der Waals surface area contributed by atoms with Crippen molar-refractivity contribution in [3.63, 3.8) is 0 Å². The number of hydrogen-bond donors (Lipinski definition) is 1. The molecule has 1 saturated heterocycles. The lowest BCUT2D eigenvalue weighted by Gasteiger charge is -2.28. The quantitative estimate of drug-likeness (QED) is 0.615. The second kappa shape index (κ2) is 10.3. The molecule has 0 bridgehead atoms. The van der Waals surface area contributed by atoms with E-state index in [2.05, 4.69) is 33.9 Å². The zero-order chi connectivity index (χ0) is 21.6. The monoisotopic (exact) mass is 432 g/mol. The van der Waals surface area contributed by atoms with Crippen molar-refractivity contribution in [2.45, 2.75) is 38.5 Å². The highest BCUT2D eigenvalue weighted by molar-refractivity contribution is 7.89. The highest BCUT2D eigenvalue weighted by Crippen LogP contribution is 2.27. The van der Waals surface area contributed by atoms with Gasteiger partial charge < -0.3 is 14.4 Å². The summed E-state index contributed by atoms with van der Waals surface area (Å²) in [7, 11) is -3.54. The standard InChI is InChI=1S/C23H32N2O4S/c1-4-29-23-18(2)16-22(17-19(23)3)30(26,27)24-11-5-6-20-7-9-21(10-8-20)25-12-14-28-15-13-25/h7-10,16-17,24H,4-6,11-15H2,1-3H3. The van der Waals surface area contributed by atoms with Crippen LogP contribution < -0.4 is 14.4 Å². The van der Waals surface area contributed by atoms with Gasteiger partial charge >= 0.3 is 0 Å². The Hall–Kier alpha value is -2.09. The molecule has 0 amide bonds. The molecule has 164 valence electrons. The average Bonchev–Trinajstić information content (AvgIpc) is 2.75. The molecule has 7 heteroatoms. The number of sulfonamides is 1. The Morgan fingerprint density at radius 3 is 2.30 bits per heavy atom. The number of ether oxygens (including phenoxy) is 2. The van der Waals surface area contributed by atoms with Crippen LogP contribution in [0.1, 0.15) is 30.0 Å². The number of nitrogens with one attached hydrogen (secondary N) is 1. The van der Waals surface area contributed by atoms with Gasteiger partial charge in [0.25, 0.3) is 0 Å². The highest BCUT2D eigenvalue weighted by Gasteiger charge is 2.17. The van der Waals surface area contributed by atoms with E-state index in [0.717, 1.165) is 56.0 Å². The van der Waals surface area contributed by atoms with Crippen LogP contribution in [0.5, 0.6) is 5.75 Å². The van der Waals surface area contributed by atoms with Crippen LogP contribution >= 0.6 is 0 Å². The van der Waals surface area contributed by atoms with Crippen molar-refractivity contribution in [3.05, 3.63) is 53.1 Å². The van der Waals surface area contributed by atoms with E-state index in [9.17, 15) is 8.42 Å². The van der Waals surface area contributed by atoms with Crippen LogP contribution in [0.15, 0.2) is 41.3 Å². The van der Waals surface area contributed by atoms with Crippen molar-refractivity contribution in [3.8, 4) is 5.75 Å². The summed E-state index contributed by atoms with van der Waals surface area (Å²) in [6.07, 6.45) is 1.57. The number of benzene rings is 2. The predicted octanol–water partition coefficient (Wildman–Crippen LogP) is 3.45. The molecule has 3 rings (SSSR count). The zero-order valence-corrected chi connectivity index (χ0v) is 18.9. The van der Waals surface area contributed by atoms with Gasteiger partial charge in [-0.1, -0.05) is 12.1 Å². The summed E-state index contributed by atoms with van der Waals surface area (Å²) < 4.78 is 39.1. The third-order valence-electron chi connectivity index (χ3n) is 5.28. The lowest BCUT2D eigenvalue weighted by molar-refractivity contribution is 0.122. The number of aryl methyl sites for hydroxylation is 3. The third-order valence-corrected chi connectivity index (χ3v) is 6.72. The number of rotatable bonds is 9. The lowest BCUT2D eigenvalue weighted by Crippen LogP contribution is -2.36. The fraction of sp³-hybridized carbons (Fsp3) is 0.478. The number of anilines is 1. The first-order valence-electron chi connectivity index (χ1n) is 10.6. The van der Waals surface area contributed by atoms with Crippen LogP contribution in [0.3, 0.4) is 0 Å². The minimum Gasteiger partial charge on any atom is -0.493 e. The maximum absolute atomic E-state index is 12.7. The predicted molar refractivity (Wildman–Crippen MR) is 120 cm³/mol. The summed E-state index contributed by atoms with van der Waals surface area (Å²) in [5.74, 6) is 0.761. The molecule has 0 aromatic heterocycles. The molecular weight excluding hydrogens is 400 g/mol. The molecule has 30 heavy (non-hydrogen) atoms. The van der Waals surface area contributed by atoms with E-state index in [4.69, 9.17) is 9.47 Å². The summed E-state index contributed by atoms with van der Waals surface area (Å²) in [4.78, 5) is 2.61. The maximum atomic E-state index is 12.7. The summed E-state index contributed by atoms with van der Waals surface area (Å²) in [6, 6.07) is 11.9. The highest BCUT2D eigenvalue weighted by atomic mass is 32.2. The van der Waals surface area contributed by atoms with Crippen molar-refractivity contribution in [2.75, 3.05) is 44.4 Å². The van der Waals surface area contributed by atoms with Crippen molar-refractivity contribution in [1.82, 2.24) is 4.72 Å². The normalized spacial score (nSPS) is 14.7. The first kappa shape index (κ1) is 22.6. The topological polar surface area (TPSA) is 67.9 Å². The molecule has 1 fully saturated rings. The third kappa shape index (κ3) is 5.74. The molecule has 2 aromatic rings. The SMILES string of the molecule is CCOc1c(C)cc(S(=O)(=O)NCCCc2ccc(N3CCOCC3)cc2)cc1C. The Labute approximate surface area is 180 Å². The van der Waals surface area contributed by atoms with Gasteiger partial charge in [-0.25, -0.2) is 13.1 Å². The molecule has 1 heterocycles. The fourth-order valence-corrected chi connectivity index (χ4v) is 4.96. The molecule has 2 aromatic carbocycles. The zero-order valence-electron chi connectivity index (χ0n) is 18.1. The first-order valence-corrected chi connectivity index (χ1v) is 12.0. The minimum absolute atomic E-state index is 0.288. The van der Waals surface area contributed by atoms with Gasteiger partial charge in [0.05, 0.1) is 24.7 Å². The molecular formula is C23H32N2O4S. The minimum atomic E-state index is -3.54. The summed E-state index contributed by atoms with van der Waals surface area (Å²) in [6.45, 7) is 10.0. The van der Waals surface area contributed by atoms with Crippen LogP contribution in [0.4, 0.5) is 5.69 Å². The smallest absolute Gasteiger partial charge is 0.240 e. The van der Waals surface area contributed by atoms with Crippen LogP contribution in [0.2, 0.25) is 0 Å². The average molecular weight is 433 g/mol. The molecule has 0 saturated carbocycles. The lowest BCUT2D eigenvalue weighted by atomic mass is 10.1. The number of nitrogens with zero attached hydrogens (tertiary/aromatic N) is 1. The largest absolute Gasteiger partial charge is 0.493 e. The van der Waals surface area contributed by atoms with Gasteiger partial charge in [0.1, 0.15) is 5.75 Å². The first-order chi connectivity index (χ1) is 14.4. The van der Waals surface area contributed by atoms with Crippen molar-refractivity contribution in [2.24, 2.45) is 0 Å². The van der Waals surface area contributed by atoms with Crippen LogP contribution in [-0.4, -0.2) is 47.9 Å². The Bertz CT molecular complexity index is 913. The molecule has 1 aliphatic rings. The second-order valence-electron chi connectivity index (χ2n) is 7.59. The fourth-order valence-electron chi connectivity index (χ4n) is 3.72. The van der Waals surface area contributed by atoms with Crippen LogP contribution in [0, 0.1) is 13.8 Å². The van der Waals surface area contributed by atoms with E-state index in [1.165, 1.54) is 11.3 Å². The van der Waals surface area contributed by atoms with Crippen LogP contribution in [0.25, 0.3) is 0 Å². The van der Waals surface area contributed by atoms with Gasteiger partial charge in [-0.2, -0.15) is 0 Å². The Balaban J connectivity index is 1.52. The summed E-state index contributed by atoms with van der Waals surface area (Å²) in [5, 5.41) is 0. The van der Waals surface area contributed by atoms with E-state index in [1.807, 2.05) is 20.8 Å². The van der Waals surface area contributed by atoms with Gasteiger partial charge in [-0.15, -0.1) is 0 Å². The van der Waals surface area contributed by atoms with E-state index < -0.39 is 10.0 Å². The van der Waals surface area contributed by atoms with E-state index in [0.29, 0.717) is 13.2 Å². The van der Waals surface area contributed by atoms with Gasteiger partial charge in [0.2, 0.25) is 10.0 Å². The van der Waals surface area contributed by atoms with Gasteiger partial charge in [0, 0.05) is 25.3 Å². The Morgan fingerprint density at radius 1 is 1.07 bits per heavy atom. The van der Waals surface area contributed by atoms with Crippen molar-refractivity contribution >= 4 is 15.7 Å². The summed E-state index contributed by atoms with van der Waals surface area (Å²) in [5.41, 5.74) is 4.08. The molecule has 0 radical (unpaired) electrons. The van der Waals surface area contributed by atoms with E-state index >= 15 is 0 Å². The number of morpholine rings is 1. The molecule has 0 aliphatic carbocycles. The second-order valence-corrected chi connectivity index (χ2v) is 9.35. The van der Waals surface area contributed by atoms with Crippen LogP contribution in [-0.2, 0) is 21.2 Å². The van der Waals surface area contributed by atoms with E-state index in [1.54, 1.807) is 12.1 Å². The Morgan fingerprint density at radius 2 is 1.70 bits per heavy atom. The summed E-state index contributed by atoms with van der Waals surface area (Å²) >= 11 is 0. The number of hydrogen-bond acceptors (Lipinski definition) is 5. The molecule has 0 atom stereocenters.